The lowest BCUT2D eigenvalue weighted by atomic mass is 9.65. The summed E-state index contributed by atoms with van der Waals surface area (Å²) in [7, 11) is -3.17. The monoisotopic (exact) mass is 641 g/mol. The summed E-state index contributed by atoms with van der Waals surface area (Å²) >= 11 is 0. The number of fused-ring (bicyclic) bond motifs is 1. The first-order valence-corrected chi connectivity index (χ1v) is 18.1. The fourth-order valence-corrected chi connectivity index (χ4v) is 8.82. The molecule has 0 radical (unpaired) electrons. The Balaban J connectivity index is 1.25. The first-order chi connectivity index (χ1) is 20.8. The number of nitrogens with two attached hydrogens (primary N) is 2. The molecule has 4 saturated heterocycles. The Morgan fingerprint density at radius 1 is 1.14 bits per heavy atom. The molecule has 5 rings (SSSR count). The van der Waals surface area contributed by atoms with Crippen LogP contribution in [0.1, 0.15) is 64.7 Å². The third-order valence-corrected chi connectivity index (χ3v) is 12.1. The van der Waals surface area contributed by atoms with Gasteiger partial charge in [-0.05, 0) is 38.5 Å². The number of nitrogens with zero attached hydrogens (tertiary/aromatic N) is 4. The topological polar surface area (TPSA) is 154 Å². The van der Waals surface area contributed by atoms with Gasteiger partial charge in [0, 0.05) is 62.7 Å². The van der Waals surface area contributed by atoms with E-state index in [-0.39, 0.29) is 55.3 Å². The van der Waals surface area contributed by atoms with Crippen LogP contribution < -0.4 is 16.8 Å². The van der Waals surface area contributed by atoms with Crippen molar-refractivity contribution in [3.8, 4) is 0 Å². The van der Waals surface area contributed by atoms with E-state index in [1.165, 1.54) is 12.5 Å². The lowest BCUT2D eigenvalue weighted by Crippen LogP contribution is -2.74. The predicted octanol–water partition coefficient (Wildman–Crippen LogP) is 1.09. The first kappa shape index (κ1) is 33.2. The van der Waals surface area contributed by atoms with Crippen LogP contribution in [-0.2, 0) is 19.4 Å². The van der Waals surface area contributed by atoms with E-state index in [9.17, 15) is 22.4 Å². The zero-order valence-electron chi connectivity index (χ0n) is 26.0. The highest BCUT2D eigenvalue weighted by Gasteiger charge is 2.57. The Morgan fingerprint density at radius 3 is 2.48 bits per heavy atom. The fraction of sp³-hybridized carbons (Fsp3) is 0.833. The van der Waals surface area contributed by atoms with Gasteiger partial charge in [-0.1, -0.05) is 26.2 Å². The van der Waals surface area contributed by atoms with Crippen molar-refractivity contribution in [2.75, 3.05) is 45.5 Å². The standard InChI is InChI=1S/C30H49F2N7O4S/c1-3-4-5-9-30-10-6-20(31)16-39(30)24(13-30)25(27(33)34)28(40)36-23-15-35-14-22(32)26(23)37-11-7-19(8-12-37)29(41)38-17-21(18-38)44(2,42)43/h15,19-22,24-25,27H,3-14,16-18,33-34H2,1-2H3,(H,36,40). The number of dihydropyridines is 1. The predicted molar refractivity (Wildman–Crippen MR) is 165 cm³/mol. The van der Waals surface area contributed by atoms with Crippen molar-refractivity contribution in [2.45, 2.75) is 100 Å². The largest absolute Gasteiger partial charge is 0.371 e. The van der Waals surface area contributed by atoms with Crippen molar-refractivity contribution in [3.63, 3.8) is 0 Å². The van der Waals surface area contributed by atoms with Crippen molar-refractivity contribution in [1.82, 2.24) is 20.0 Å². The van der Waals surface area contributed by atoms with Gasteiger partial charge in [-0.25, -0.2) is 17.2 Å². The number of hydrogen-bond acceptors (Lipinski definition) is 9. The van der Waals surface area contributed by atoms with Crippen molar-refractivity contribution in [2.24, 2.45) is 28.3 Å². The van der Waals surface area contributed by atoms with Gasteiger partial charge in [0.25, 0.3) is 0 Å². The number of amides is 2. The number of hydrogen-bond donors (Lipinski definition) is 3. The lowest BCUT2D eigenvalue weighted by molar-refractivity contribution is -0.158. The molecule has 4 fully saturated rings. The lowest BCUT2D eigenvalue weighted by Gasteiger charge is -2.63. The van der Waals surface area contributed by atoms with Crippen LogP contribution >= 0.6 is 0 Å². The van der Waals surface area contributed by atoms with Crippen LogP contribution in [0.2, 0.25) is 0 Å². The van der Waals surface area contributed by atoms with Crippen molar-refractivity contribution < 1.29 is 26.8 Å². The Morgan fingerprint density at radius 2 is 1.84 bits per heavy atom. The molecule has 44 heavy (non-hydrogen) atoms. The maximum absolute atomic E-state index is 15.4. The van der Waals surface area contributed by atoms with Gasteiger partial charge in [0.1, 0.15) is 6.17 Å². The second-order valence-corrected chi connectivity index (χ2v) is 15.9. The summed E-state index contributed by atoms with van der Waals surface area (Å²) in [6.07, 6.45) is 6.48. The maximum atomic E-state index is 15.4. The maximum Gasteiger partial charge on any atom is 0.232 e. The van der Waals surface area contributed by atoms with E-state index in [4.69, 9.17) is 11.5 Å². The number of alkyl halides is 2. The second kappa shape index (κ2) is 13.3. The van der Waals surface area contributed by atoms with Crippen LogP contribution in [0.3, 0.4) is 0 Å². The van der Waals surface area contributed by atoms with E-state index >= 15 is 4.39 Å². The summed E-state index contributed by atoms with van der Waals surface area (Å²) in [5, 5.41) is 2.38. The highest BCUT2D eigenvalue weighted by molar-refractivity contribution is 7.91. The number of aliphatic imine (C=N–C) groups is 1. The van der Waals surface area contributed by atoms with Gasteiger partial charge in [0.2, 0.25) is 11.8 Å². The number of halogens is 2. The van der Waals surface area contributed by atoms with Gasteiger partial charge in [-0.15, -0.1) is 0 Å². The smallest absolute Gasteiger partial charge is 0.232 e. The molecule has 0 aromatic carbocycles. The Labute approximate surface area is 259 Å². The van der Waals surface area contributed by atoms with Crippen LogP contribution in [0.4, 0.5) is 8.78 Å². The number of allylic oxidation sites excluding steroid dienone is 1. The van der Waals surface area contributed by atoms with E-state index in [0.29, 0.717) is 38.0 Å². The molecule has 2 amide bonds. The summed E-state index contributed by atoms with van der Waals surface area (Å²) in [6, 6.07) is -0.300. The molecule has 0 aliphatic carbocycles. The van der Waals surface area contributed by atoms with E-state index in [1.54, 1.807) is 4.90 Å². The summed E-state index contributed by atoms with van der Waals surface area (Å²) in [6.45, 7) is 3.61. The van der Waals surface area contributed by atoms with E-state index in [2.05, 4.69) is 22.1 Å². The van der Waals surface area contributed by atoms with Crippen LogP contribution in [0.15, 0.2) is 16.4 Å². The Kier molecular flexibility index (Phi) is 10.0. The van der Waals surface area contributed by atoms with E-state index in [1.807, 2.05) is 4.90 Å². The van der Waals surface area contributed by atoms with Crippen LogP contribution in [0.25, 0.3) is 0 Å². The van der Waals surface area contributed by atoms with Gasteiger partial charge < -0.3 is 26.6 Å². The first-order valence-electron chi connectivity index (χ1n) is 16.2. The molecular formula is C30H49F2N7O4S. The molecule has 5 unspecified atom stereocenters. The number of likely N-dealkylation sites (tertiary alicyclic amines) is 2. The molecule has 0 bridgehead atoms. The van der Waals surface area contributed by atoms with Crippen molar-refractivity contribution >= 4 is 27.9 Å². The SMILES string of the molecule is CCCCCC12CCC(F)CN1C(C(C(=O)NC1=C(N3CCC(C(=O)N4CC(S(C)(=O)=O)C4)CC3)C(F)CN=C1)C(N)N)C2. The molecule has 5 heterocycles. The fourth-order valence-electron chi connectivity index (χ4n) is 7.92. The highest BCUT2D eigenvalue weighted by atomic mass is 32.2. The van der Waals surface area contributed by atoms with Gasteiger partial charge >= 0.3 is 0 Å². The second-order valence-electron chi connectivity index (χ2n) is 13.6. The van der Waals surface area contributed by atoms with Gasteiger partial charge in [0.05, 0.1) is 35.3 Å². The van der Waals surface area contributed by atoms with Crippen LogP contribution in [-0.4, -0.2) is 122 Å². The molecular weight excluding hydrogens is 592 g/mol. The number of piperidine rings is 2. The number of carbonyl (C=O) groups is 2. The molecule has 0 saturated carbocycles. The minimum atomic E-state index is -3.17. The Bertz CT molecular complexity index is 1250. The normalized spacial score (nSPS) is 31.0. The summed E-state index contributed by atoms with van der Waals surface area (Å²) in [5.41, 5.74) is 12.8. The zero-order valence-corrected chi connectivity index (χ0v) is 26.8. The third kappa shape index (κ3) is 6.68. The molecule has 0 aromatic heterocycles. The molecule has 14 heteroatoms. The summed E-state index contributed by atoms with van der Waals surface area (Å²) in [4.78, 5) is 36.4. The zero-order chi connectivity index (χ0) is 31.8. The average Bonchev–Trinajstić information content (AvgIpc) is 2.92. The molecule has 5 atom stereocenters. The average molecular weight is 642 g/mol. The third-order valence-electron chi connectivity index (χ3n) is 10.6. The Hall–Kier alpha value is -2.16. The molecule has 248 valence electrons. The molecule has 0 aromatic rings. The summed E-state index contributed by atoms with van der Waals surface area (Å²) < 4.78 is 53.5. The van der Waals surface area contributed by atoms with E-state index in [0.717, 1.165) is 38.5 Å². The molecule has 11 nitrogen and oxygen atoms in total. The number of rotatable bonds is 11. The quantitative estimate of drug-likeness (QED) is 0.224. The van der Waals surface area contributed by atoms with Gasteiger partial charge in [-0.3, -0.25) is 19.5 Å². The van der Waals surface area contributed by atoms with Crippen molar-refractivity contribution in [3.05, 3.63) is 11.4 Å². The minimum Gasteiger partial charge on any atom is -0.371 e. The number of unbranched alkanes of at least 4 members (excludes halogenated alkanes) is 2. The molecule has 0 spiro atoms. The van der Waals surface area contributed by atoms with Crippen LogP contribution in [0.5, 0.6) is 0 Å². The van der Waals surface area contributed by atoms with Gasteiger partial charge in [0.15, 0.2) is 16.0 Å². The van der Waals surface area contributed by atoms with Gasteiger partial charge in [-0.2, -0.15) is 0 Å². The number of nitrogens with one attached hydrogen (secondary N) is 1. The minimum absolute atomic E-state index is 0.0617. The summed E-state index contributed by atoms with van der Waals surface area (Å²) in [5.74, 6) is -1.56. The van der Waals surface area contributed by atoms with Crippen molar-refractivity contribution in [1.29, 1.82) is 0 Å². The molecule has 5 N–H and O–H groups in total. The van der Waals surface area contributed by atoms with Crippen LogP contribution in [0, 0.1) is 11.8 Å². The van der Waals surface area contributed by atoms with E-state index < -0.39 is 45.4 Å². The highest BCUT2D eigenvalue weighted by Crippen LogP contribution is 2.50. The molecule has 5 aliphatic heterocycles. The number of sulfone groups is 1. The molecule has 5 aliphatic rings. The number of carbonyl (C=O) groups excluding carboxylic acids is 2.